The number of halogens is 3. The van der Waals surface area contributed by atoms with Crippen molar-refractivity contribution in [2.75, 3.05) is 41.3 Å². The highest BCUT2D eigenvalue weighted by Gasteiger charge is 2.36. The molecule has 1 aliphatic rings. The third-order valence-corrected chi connectivity index (χ3v) is 7.31. The van der Waals surface area contributed by atoms with Crippen LogP contribution in [-0.2, 0) is 20.3 Å². The van der Waals surface area contributed by atoms with Gasteiger partial charge >= 0.3 is 6.18 Å². The number of rotatable bonds is 5. The Morgan fingerprint density at radius 1 is 0.974 bits per heavy atom. The van der Waals surface area contributed by atoms with Crippen molar-refractivity contribution in [1.29, 1.82) is 0 Å². The predicted molar refractivity (Wildman–Crippen MR) is 148 cm³/mol. The van der Waals surface area contributed by atoms with Gasteiger partial charge in [-0.3, -0.25) is 14.0 Å². The van der Waals surface area contributed by atoms with E-state index in [0.29, 0.717) is 24.2 Å². The van der Waals surface area contributed by atoms with Crippen molar-refractivity contribution >= 4 is 28.0 Å². The lowest BCUT2D eigenvalue weighted by Gasteiger charge is -2.37. The topological polar surface area (TPSA) is 71.2 Å². The maximum atomic E-state index is 13.7. The number of anilines is 3. The first-order chi connectivity index (χ1) is 18.4. The van der Waals surface area contributed by atoms with Crippen LogP contribution < -0.4 is 20.7 Å². The van der Waals surface area contributed by atoms with Gasteiger partial charge in [0.1, 0.15) is 5.82 Å². The Hall–Kier alpha value is -4.02. The van der Waals surface area contributed by atoms with Crippen LogP contribution in [0.1, 0.15) is 35.5 Å². The molecule has 0 saturated carbocycles. The van der Waals surface area contributed by atoms with E-state index in [1.165, 1.54) is 13.0 Å². The number of pyridine rings is 2. The van der Waals surface area contributed by atoms with Crippen LogP contribution in [0.5, 0.6) is 0 Å². The van der Waals surface area contributed by atoms with Crippen LogP contribution >= 0.6 is 0 Å². The Balaban J connectivity index is 1.50. The number of aromatic nitrogens is 4. The minimum Gasteiger partial charge on any atom is -0.377 e. The van der Waals surface area contributed by atoms with Crippen molar-refractivity contribution < 1.29 is 13.2 Å². The summed E-state index contributed by atoms with van der Waals surface area (Å²) in [7, 11) is 3.65. The minimum atomic E-state index is -4.59. The predicted octanol–water partition coefficient (Wildman–Crippen LogP) is 4.80. The zero-order chi connectivity index (χ0) is 28.1. The monoisotopic (exact) mass is 539 g/mol. The molecule has 0 bridgehead atoms. The summed E-state index contributed by atoms with van der Waals surface area (Å²) in [5.74, 6) is 0.781. The van der Waals surface area contributed by atoms with Gasteiger partial charge in [0.25, 0.3) is 5.56 Å². The van der Waals surface area contributed by atoms with Crippen LogP contribution in [0.25, 0.3) is 10.8 Å². The average molecular weight is 540 g/mol. The lowest BCUT2D eigenvalue weighted by molar-refractivity contribution is -0.140. The zero-order valence-corrected chi connectivity index (χ0v) is 22.7. The van der Waals surface area contributed by atoms with E-state index in [1.807, 2.05) is 44.6 Å². The lowest BCUT2D eigenvalue weighted by Crippen LogP contribution is -2.47. The first kappa shape index (κ1) is 26.6. The summed E-state index contributed by atoms with van der Waals surface area (Å²) in [5.41, 5.74) is 1.79. The summed E-state index contributed by atoms with van der Waals surface area (Å²) in [5, 5.41) is 8.54. The maximum Gasteiger partial charge on any atom is 0.435 e. The summed E-state index contributed by atoms with van der Waals surface area (Å²) in [6.07, 6.45) is -0.764. The first-order valence-electron chi connectivity index (χ1n) is 12.9. The molecule has 5 rings (SSSR count). The average Bonchev–Trinajstić information content (AvgIpc) is 3.32. The van der Waals surface area contributed by atoms with Crippen molar-refractivity contribution in [3.8, 4) is 0 Å². The second kappa shape index (κ2) is 9.94. The van der Waals surface area contributed by atoms with Crippen LogP contribution in [0.15, 0.2) is 47.5 Å². The molecule has 1 aliphatic heterocycles. The molecule has 3 aromatic heterocycles. The van der Waals surface area contributed by atoms with E-state index in [4.69, 9.17) is 0 Å². The second-order valence-corrected chi connectivity index (χ2v) is 10.2. The van der Waals surface area contributed by atoms with Gasteiger partial charge in [0, 0.05) is 63.6 Å². The number of fused-ring (bicyclic) bond motifs is 1. The van der Waals surface area contributed by atoms with Crippen LogP contribution in [0.4, 0.5) is 30.4 Å². The summed E-state index contributed by atoms with van der Waals surface area (Å²) in [6.45, 7) is 8.20. The molecule has 206 valence electrons. The number of nitrogens with zero attached hydrogens (tertiary/aromatic N) is 6. The fraction of sp³-hybridized carbons (Fsp3) is 0.393. The molecular weight excluding hydrogens is 507 g/mol. The van der Waals surface area contributed by atoms with E-state index in [0.717, 1.165) is 41.1 Å². The van der Waals surface area contributed by atoms with Crippen LogP contribution in [-0.4, -0.2) is 45.5 Å². The van der Waals surface area contributed by atoms with E-state index in [-0.39, 0.29) is 11.2 Å². The third-order valence-electron chi connectivity index (χ3n) is 7.31. The van der Waals surface area contributed by atoms with E-state index in [9.17, 15) is 18.0 Å². The number of alkyl halides is 3. The number of benzene rings is 1. The molecule has 1 aromatic carbocycles. The van der Waals surface area contributed by atoms with Gasteiger partial charge < -0.3 is 15.1 Å². The number of aryl methyl sites for hydroxylation is 3. The van der Waals surface area contributed by atoms with E-state index < -0.39 is 17.9 Å². The highest BCUT2D eigenvalue weighted by Crippen LogP contribution is 2.36. The van der Waals surface area contributed by atoms with Gasteiger partial charge in [0.15, 0.2) is 5.69 Å². The Morgan fingerprint density at radius 3 is 2.31 bits per heavy atom. The molecule has 4 heterocycles. The Labute approximate surface area is 224 Å². The van der Waals surface area contributed by atoms with Crippen molar-refractivity contribution in [2.45, 2.75) is 33.0 Å². The molecule has 0 amide bonds. The highest BCUT2D eigenvalue weighted by atomic mass is 19.4. The SMILES string of the molecule is Cc1cc([C@@H](C)Nc2ccc(C)nc2C(F)(F)F)c2cc(N3CCN(c4cnn(C)c4)CC3)n(C)c(=O)c2c1. The largest absolute Gasteiger partial charge is 0.435 e. The Bertz CT molecular complexity index is 1580. The highest BCUT2D eigenvalue weighted by molar-refractivity contribution is 5.89. The molecule has 1 saturated heterocycles. The summed E-state index contributed by atoms with van der Waals surface area (Å²) in [4.78, 5) is 21.7. The molecule has 8 nitrogen and oxygen atoms in total. The molecule has 39 heavy (non-hydrogen) atoms. The molecular formula is C28H32F3N7O. The lowest BCUT2D eigenvalue weighted by atomic mass is 9.97. The number of hydrogen-bond donors (Lipinski definition) is 1. The Kier molecular flexibility index (Phi) is 6.77. The normalized spacial score (nSPS) is 15.2. The van der Waals surface area contributed by atoms with E-state index in [1.54, 1.807) is 29.3 Å². The van der Waals surface area contributed by atoms with Gasteiger partial charge in [0.05, 0.1) is 17.6 Å². The molecule has 1 fully saturated rings. The quantitative estimate of drug-likeness (QED) is 0.393. The minimum absolute atomic E-state index is 0.0918. The van der Waals surface area contributed by atoms with Crippen molar-refractivity contribution in [2.24, 2.45) is 14.1 Å². The summed E-state index contributed by atoms with van der Waals surface area (Å²) < 4.78 is 44.6. The van der Waals surface area contributed by atoms with Gasteiger partial charge in [0.2, 0.25) is 0 Å². The van der Waals surface area contributed by atoms with Crippen LogP contribution in [0, 0.1) is 13.8 Å². The first-order valence-corrected chi connectivity index (χ1v) is 12.9. The van der Waals surface area contributed by atoms with Gasteiger partial charge in [-0.15, -0.1) is 0 Å². The van der Waals surface area contributed by atoms with Crippen molar-refractivity contribution in [3.05, 3.63) is 75.6 Å². The number of hydrogen-bond acceptors (Lipinski definition) is 6. The molecule has 0 radical (unpaired) electrons. The van der Waals surface area contributed by atoms with E-state index >= 15 is 0 Å². The molecule has 1 atom stereocenters. The molecule has 0 unspecified atom stereocenters. The van der Waals surface area contributed by atoms with Crippen LogP contribution in [0.3, 0.4) is 0 Å². The maximum absolute atomic E-state index is 13.7. The summed E-state index contributed by atoms with van der Waals surface area (Å²) >= 11 is 0. The van der Waals surface area contributed by atoms with Crippen molar-refractivity contribution in [3.63, 3.8) is 0 Å². The standard InChI is InChI=1S/C28H32F3N7O/c1-17-12-21(19(3)34-24-7-6-18(2)33-26(24)28(29,30)31)22-14-25(36(5)27(39)23(22)13-17)38-10-8-37(9-11-38)20-15-32-35(4)16-20/h6-7,12-16,19,34H,8-11H2,1-5H3/t19-/m1/s1. The molecule has 1 N–H and O–H groups in total. The smallest absolute Gasteiger partial charge is 0.377 e. The number of nitrogens with one attached hydrogen (secondary N) is 1. The van der Waals surface area contributed by atoms with Gasteiger partial charge in [-0.25, -0.2) is 4.98 Å². The fourth-order valence-corrected chi connectivity index (χ4v) is 5.30. The van der Waals surface area contributed by atoms with Gasteiger partial charge in [-0.2, -0.15) is 18.3 Å². The Morgan fingerprint density at radius 2 is 1.67 bits per heavy atom. The fourth-order valence-electron chi connectivity index (χ4n) is 5.30. The molecule has 4 aromatic rings. The van der Waals surface area contributed by atoms with Crippen molar-refractivity contribution in [1.82, 2.24) is 19.3 Å². The van der Waals surface area contributed by atoms with E-state index in [2.05, 4.69) is 25.2 Å². The van der Waals surface area contributed by atoms with Crippen LogP contribution in [0.2, 0.25) is 0 Å². The van der Waals surface area contributed by atoms with Gasteiger partial charge in [-0.1, -0.05) is 6.07 Å². The molecule has 0 aliphatic carbocycles. The molecule has 0 spiro atoms. The number of piperazine rings is 1. The summed E-state index contributed by atoms with van der Waals surface area (Å²) in [6, 6.07) is 8.20. The third kappa shape index (κ3) is 5.17. The zero-order valence-electron chi connectivity index (χ0n) is 22.7. The molecule has 11 heteroatoms. The second-order valence-electron chi connectivity index (χ2n) is 10.2. The van der Waals surface area contributed by atoms with Gasteiger partial charge in [-0.05, 0) is 61.5 Å².